The van der Waals surface area contributed by atoms with E-state index in [-0.39, 0.29) is 0 Å². The number of aromatic nitrogens is 6. The number of hydrogen-bond acceptors (Lipinski definition) is 5. The Bertz CT molecular complexity index is 863. The highest BCUT2D eigenvalue weighted by atomic mass is 15.3. The summed E-state index contributed by atoms with van der Waals surface area (Å²) in [5.41, 5.74) is 3.18. The molecule has 0 aromatic carbocycles. The van der Waals surface area contributed by atoms with Crippen LogP contribution >= 0.6 is 0 Å². The maximum Gasteiger partial charge on any atom is 0.163 e. The van der Waals surface area contributed by atoms with Crippen molar-refractivity contribution >= 4 is 16.9 Å². The molecule has 3 aromatic heterocycles. The number of aryl methyl sites for hydroxylation is 3. The molecule has 0 bridgehead atoms. The molecule has 0 radical (unpaired) electrons. The fourth-order valence-electron chi connectivity index (χ4n) is 3.71. The topological polar surface area (TPSA) is 64.7 Å². The second-order valence-electron chi connectivity index (χ2n) is 6.65. The number of rotatable bonds is 3. The lowest BCUT2D eigenvalue weighted by Crippen LogP contribution is -2.43. The van der Waals surface area contributed by atoms with Crippen molar-refractivity contribution in [1.82, 2.24) is 29.5 Å². The summed E-state index contributed by atoms with van der Waals surface area (Å²) in [4.78, 5) is 11.4. The summed E-state index contributed by atoms with van der Waals surface area (Å²) in [6.07, 6.45) is 7.12. The molecule has 3 aromatic rings. The van der Waals surface area contributed by atoms with E-state index in [1.807, 2.05) is 20.2 Å². The monoisotopic (exact) mass is 325 g/mol. The average molecular weight is 325 g/mol. The average Bonchev–Trinajstić information content (AvgIpc) is 3.11. The SMILES string of the molecule is Cc1cc(C)n(CC2CCCCN2c2ncnc3c2cnn3C)n1. The zero-order valence-electron chi connectivity index (χ0n) is 14.5. The van der Waals surface area contributed by atoms with Gasteiger partial charge in [0.05, 0.1) is 29.9 Å². The molecule has 4 heterocycles. The minimum Gasteiger partial charge on any atom is -0.351 e. The maximum absolute atomic E-state index is 4.64. The van der Waals surface area contributed by atoms with Crippen LogP contribution in [0.4, 0.5) is 5.82 Å². The van der Waals surface area contributed by atoms with E-state index in [1.54, 1.807) is 11.0 Å². The number of fused-ring (bicyclic) bond motifs is 1. The molecule has 1 unspecified atom stereocenters. The van der Waals surface area contributed by atoms with Gasteiger partial charge in [0, 0.05) is 19.3 Å². The molecule has 1 saturated heterocycles. The van der Waals surface area contributed by atoms with E-state index in [4.69, 9.17) is 0 Å². The summed E-state index contributed by atoms with van der Waals surface area (Å²) in [7, 11) is 1.92. The summed E-state index contributed by atoms with van der Waals surface area (Å²) >= 11 is 0. The van der Waals surface area contributed by atoms with E-state index in [2.05, 4.69) is 42.7 Å². The van der Waals surface area contributed by atoms with Gasteiger partial charge < -0.3 is 4.90 Å². The Balaban J connectivity index is 1.70. The van der Waals surface area contributed by atoms with Crippen molar-refractivity contribution in [2.75, 3.05) is 11.4 Å². The lowest BCUT2D eigenvalue weighted by molar-refractivity contribution is 0.393. The van der Waals surface area contributed by atoms with E-state index in [0.29, 0.717) is 6.04 Å². The molecule has 0 saturated carbocycles. The van der Waals surface area contributed by atoms with Gasteiger partial charge in [0.15, 0.2) is 5.65 Å². The summed E-state index contributed by atoms with van der Waals surface area (Å²) in [5.74, 6) is 0.999. The molecule has 24 heavy (non-hydrogen) atoms. The largest absolute Gasteiger partial charge is 0.351 e. The van der Waals surface area contributed by atoms with Gasteiger partial charge in [0.2, 0.25) is 0 Å². The first-order valence-electron chi connectivity index (χ1n) is 8.54. The molecule has 1 fully saturated rings. The zero-order valence-corrected chi connectivity index (χ0v) is 14.5. The normalized spacial score (nSPS) is 18.5. The van der Waals surface area contributed by atoms with Crippen LogP contribution in [0.5, 0.6) is 0 Å². The molecule has 1 atom stereocenters. The van der Waals surface area contributed by atoms with E-state index in [0.717, 1.165) is 42.1 Å². The van der Waals surface area contributed by atoms with Crippen molar-refractivity contribution in [3.63, 3.8) is 0 Å². The van der Waals surface area contributed by atoms with Gasteiger partial charge in [-0.15, -0.1) is 0 Å². The molecule has 4 rings (SSSR count). The van der Waals surface area contributed by atoms with Crippen LogP contribution in [-0.4, -0.2) is 42.1 Å². The molecule has 1 aliphatic rings. The number of anilines is 1. The van der Waals surface area contributed by atoms with Crippen molar-refractivity contribution in [1.29, 1.82) is 0 Å². The minimum atomic E-state index is 0.398. The van der Waals surface area contributed by atoms with Gasteiger partial charge in [0.1, 0.15) is 12.1 Å². The summed E-state index contributed by atoms with van der Waals surface area (Å²) in [6, 6.07) is 2.53. The molecule has 0 N–H and O–H groups in total. The lowest BCUT2D eigenvalue weighted by atomic mass is 10.0. The predicted molar refractivity (Wildman–Crippen MR) is 93.0 cm³/mol. The molecule has 0 aliphatic carbocycles. The highest BCUT2D eigenvalue weighted by Gasteiger charge is 2.26. The van der Waals surface area contributed by atoms with Crippen LogP contribution in [0.25, 0.3) is 11.0 Å². The second kappa shape index (κ2) is 5.89. The molecule has 0 spiro atoms. The third-order valence-corrected chi connectivity index (χ3v) is 4.89. The van der Waals surface area contributed by atoms with Gasteiger partial charge in [0.25, 0.3) is 0 Å². The van der Waals surface area contributed by atoms with Crippen molar-refractivity contribution in [3.05, 3.63) is 30.0 Å². The minimum absolute atomic E-state index is 0.398. The fraction of sp³-hybridized carbons (Fsp3) is 0.529. The lowest BCUT2D eigenvalue weighted by Gasteiger charge is -2.37. The number of nitrogens with zero attached hydrogens (tertiary/aromatic N) is 7. The Morgan fingerprint density at radius 3 is 2.88 bits per heavy atom. The van der Waals surface area contributed by atoms with Crippen LogP contribution in [0.15, 0.2) is 18.6 Å². The second-order valence-corrected chi connectivity index (χ2v) is 6.65. The Hall–Kier alpha value is -2.44. The van der Waals surface area contributed by atoms with Crippen molar-refractivity contribution in [2.45, 2.75) is 45.7 Å². The van der Waals surface area contributed by atoms with Crippen molar-refractivity contribution in [3.8, 4) is 0 Å². The number of piperidine rings is 1. The number of hydrogen-bond donors (Lipinski definition) is 0. The first kappa shape index (κ1) is 15.1. The third kappa shape index (κ3) is 2.53. The molecule has 126 valence electrons. The van der Waals surface area contributed by atoms with Crippen molar-refractivity contribution < 1.29 is 0 Å². The van der Waals surface area contributed by atoms with Gasteiger partial charge in [-0.3, -0.25) is 9.36 Å². The van der Waals surface area contributed by atoms with E-state index in [9.17, 15) is 0 Å². The molecule has 7 nitrogen and oxygen atoms in total. The Labute approximate surface area is 141 Å². The van der Waals surface area contributed by atoms with Gasteiger partial charge in [-0.05, 0) is 39.2 Å². The van der Waals surface area contributed by atoms with E-state index >= 15 is 0 Å². The smallest absolute Gasteiger partial charge is 0.163 e. The molecular weight excluding hydrogens is 302 g/mol. The quantitative estimate of drug-likeness (QED) is 0.739. The Kier molecular flexibility index (Phi) is 3.70. The van der Waals surface area contributed by atoms with Crippen LogP contribution in [0.2, 0.25) is 0 Å². The van der Waals surface area contributed by atoms with E-state index < -0.39 is 0 Å². The van der Waals surface area contributed by atoms with E-state index in [1.165, 1.54) is 18.5 Å². The van der Waals surface area contributed by atoms with Gasteiger partial charge in [-0.1, -0.05) is 0 Å². The van der Waals surface area contributed by atoms with Crippen LogP contribution in [0.1, 0.15) is 30.7 Å². The molecule has 7 heteroatoms. The van der Waals surface area contributed by atoms with Crippen LogP contribution in [-0.2, 0) is 13.6 Å². The molecule has 0 amide bonds. The first-order valence-corrected chi connectivity index (χ1v) is 8.54. The maximum atomic E-state index is 4.64. The highest BCUT2D eigenvalue weighted by molar-refractivity contribution is 5.86. The molecule has 1 aliphatic heterocycles. The standard InChI is InChI=1S/C17H23N7/c1-12-8-13(2)24(21-12)10-14-6-4-5-7-23(14)17-15-9-20-22(3)16(15)18-11-19-17/h8-9,11,14H,4-7,10H2,1-3H3. The Morgan fingerprint density at radius 2 is 2.08 bits per heavy atom. The zero-order chi connectivity index (χ0) is 16.7. The summed E-state index contributed by atoms with van der Waals surface area (Å²) in [6.45, 7) is 6.08. The summed E-state index contributed by atoms with van der Waals surface area (Å²) in [5, 5.41) is 10.0. The predicted octanol–water partition coefficient (Wildman–Crippen LogP) is 2.24. The van der Waals surface area contributed by atoms with Crippen LogP contribution in [0, 0.1) is 13.8 Å². The fourth-order valence-corrected chi connectivity index (χ4v) is 3.71. The molecular formula is C17H23N7. The van der Waals surface area contributed by atoms with Gasteiger partial charge in [-0.2, -0.15) is 10.2 Å². The van der Waals surface area contributed by atoms with Crippen LogP contribution in [0.3, 0.4) is 0 Å². The third-order valence-electron chi connectivity index (χ3n) is 4.89. The Morgan fingerprint density at radius 1 is 1.21 bits per heavy atom. The van der Waals surface area contributed by atoms with Crippen LogP contribution < -0.4 is 4.90 Å². The van der Waals surface area contributed by atoms with Gasteiger partial charge >= 0.3 is 0 Å². The van der Waals surface area contributed by atoms with Gasteiger partial charge in [-0.25, -0.2) is 9.97 Å². The first-order chi connectivity index (χ1) is 11.6. The van der Waals surface area contributed by atoms with Crippen molar-refractivity contribution in [2.24, 2.45) is 7.05 Å². The highest BCUT2D eigenvalue weighted by Crippen LogP contribution is 2.29. The summed E-state index contributed by atoms with van der Waals surface area (Å²) < 4.78 is 3.93.